The van der Waals surface area contributed by atoms with Gasteiger partial charge in [-0.15, -0.1) is 0 Å². The third-order valence-corrected chi connectivity index (χ3v) is 17.2. The van der Waals surface area contributed by atoms with Crippen molar-refractivity contribution in [1.29, 1.82) is 0 Å². The average Bonchev–Trinajstić information content (AvgIpc) is 2.87. The molecular weight excluding hydrogens is 1170 g/mol. The van der Waals surface area contributed by atoms with Gasteiger partial charge in [0.15, 0.2) is 0 Å². The monoisotopic (exact) mass is 1310 g/mol. The van der Waals surface area contributed by atoms with Gasteiger partial charge in [0.2, 0.25) is 0 Å². The molecule has 0 spiro atoms. The van der Waals surface area contributed by atoms with E-state index in [-0.39, 0.29) is 6.61 Å². The Kier molecular flexibility index (Phi) is 52.3. The number of rotatable bonds is 12. The van der Waals surface area contributed by atoms with Gasteiger partial charge in [0.25, 0.3) is 0 Å². The van der Waals surface area contributed by atoms with Gasteiger partial charge in [-0.2, -0.15) is 0 Å². The Morgan fingerprint density at radius 2 is 0.629 bits per heavy atom. The lowest BCUT2D eigenvalue weighted by Crippen LogP contribution is -2.24. The van der Waals surface area contributed by atoms with Gasteiger partial charge in [0.1, 0.15) is 5.75 Å². The number of aliphatic hydroxyl groups excluding tert-OH is 1. The molecule has 2 aliphatic carbocycles. The molecule has 2 nitrogen and oxygen atoms in total. The minimum absolute atomic E-state index is 0.143. The zero-order valence-corrected chi connectivity index (χ0v) is 64.4. The Bertz CT molecular complexity index is 2930. The van der Waals surface area contributed by atoms with E-state index in [0.29, 0.717) is 5.41 Å². The van der Waals surface area contributed by atoms with Crippen molar-refractivity contribution in [2.45, 2.75) is 240 Å². The van der Waals surface area contributed by atoms with Crippen molar-refractivity contribution < 1.29 is 9.84 Å². The second-order valence-corrected chi connectivity index (χ2v) is 27.5. The van der Waals surface area contributed by atoms with Crippen LogP contribution in [0.2, 0.25) is 0 Å². The molecule has 97 heavy (non-hydrogen) atoms. The highest BCUT2D eigenvalue weighted by molar-refractivity contribution is 5.24. The Morgan fingerprint density at radius 1 is 0.320 bits per heavy atom. The van der Waals surface area contributed by atoms with Crippen LogP contribution in [0.3, 0.4) is 0 Å². The van der Waals surface area contributed by atoms with Crippen LogP contribution in [0.5, 0.6) is 5.75 Å². The third kappa shape index (κ3) is 49.8. The molecule has 0 aliphatic heterocycles. The van der Waals surface area contributed by atoms with E-state index >= 15 is 0 Å². The first-order chi connectivity index (χ1) is 46.8. The number of hydrogen-bond acceptors (Lipinski definition) is 2. The minimum Gasteiger partial charge on any atom is -0.494 e. The molecule has 9 aromatic carbocycles. The molecule has 2 aliphatic rings. The van der Waals surface area contributed by atoms with Crippen LogP contribution < -0.4 is 4.74 Å². The Balaban J connectivity index is 0.000000535. The molecule has 11 rings (SSSR count). The lowest BCUT2D eigenvalue weighted by atomic mass is 9.70. The molecule has 0 bridgehead atoms. The molecule has 0 aromatic heterocycles. The molecular formula is C95H136O2. The smallest absolute Gasteiger partial charge is 0.119 e. The Hall–Kier alpha value is -7.26. The number of aliphatic hydroxyl groups is 1. The fraction of sp³-hybridized carbons (Fsp3) is 0.432. The van der Waals surface area contributed by atoms with E-state index in [1.54, 1.807) is 0 Å². The van der Waals surface area contributed by atoms with Gasteiger partial charge >= 0.3 is 0 Å². The predicted octanol–water partition coefficient (Wildman–Crippen LogP) is 27.7. The van der Waals surface area contributed by atoms with Crippen LogP contribution in [0.1, 0.15) is 226 Å². The maximum Gasteiger partial charge on any atom is 0.119 e. The molecule has 2 fully saturated rings. The summed E-state index contributed by atoms with van der Waals surface area (Å²) in [6, 6.07) is 85.4. The van der Waals surface area contributed by atoms with Gasteiger partial charge in [-0.1, -0.05) is 404 Å². The molecule has 0 amide bonds. The number of para-hydroxylation sites is 1. The third-order valence-electron chi connectivity index (χ3n) is 17.2. The van der Waals surface area contributed by atoms with Crippen LogP contribution in [-0.4, -0.2) is 11.7 Å². The topological polar surface area (TPSA) is 29.5 Å². The van der Waals surface area contributed by atoms with E-state index in [1.165, 1.54) is 151 Å². The van der Waals surface area contributed by atoms with Gasteiger partial charge in [-0.25, -0.2) is 0 Å². The summed E-state index contributed by atoms with van der Waals surface area (Å²) >= 11 is 0. The molecule has 2 saturated carbocycles. The van der Waals surface area contributed by atoms with Gasteiger partial charge in [-0.05, 0) is 168 Å². The number of aryl methyl sites for hydroxylation is 11. The summed E-state index contributed by atoms with van der Waals surface area (Å²) in [5.41, 5.74) is 16.6. The molecule has 0 heterocycles. The number of hydrogen-bond donors (Lipinski definition) is 1. The normalized spacial score (nSPS) is 13.3. The van der Waals surface area contributed by atoms with Crippen LogP contribution in [0.25, 0.3) is 0 Å². The van der Waals surface area contributed by atoms with Crippen molar-refractivity contribution in [2.75, 3.05) is 6.61 Å². The largest absolute Gasteiger partial charge is 0.494 e. The molecule has 528 valence electrons. The van der Waals surface area contributed by atoms with Crippen LogP contribution in [-0.2, 0) is 38.7 Å². The highest BCUT2D eigenvalue weighted by Crippen LogP contribution is 2.39. The standard InChI is InChI=1S/C11H22.C10H14.2C9H12O.2C9H12.3C8H10.C7H14.C7H8/c1-9-5-7-10(8-6-9)11(2,3)4;1-2-3-7-10-8-5-4-6-9-10;1-2-8-3-5-9(7-10)6-4-8;1-2-8-10-9-6-4-3-5-7-9;1-3-9-6-4-8(2)5-7-9;1-2-6-9-7-4-3-5-8-9;2*1-7-3-5-8(2)6-4-7;1-2-8-6-4-3-5-7-8;2*1-7-5-3-2-4-6-7/h9-10H,5-8H2,1-4H3;4-6,8-9H,2-3,7H2,1H3;3-6,10H,2,7H2,1H3;3-7H,2,8H2,1H3;4-7H,3H2,1-2H3;3-5,7-8H,2,6H2,1H3;2*3-6H,1-2H3;3-7H,2H2,1H3;7H,2-6H2,1H3;2-6H,1H3. The van der Waals surface area contributed by atoms with Crippen LogP contribution in [0.15, 0.2) is 249 Å². The zero-order chi connectivity index (χ0) is 71.6. The van der Waals surface area contributed by atoms with Gasteiger partial charge < -0.3 is 9.84 Å². The second-order valence-electron chi connectivity index (χ2n) is 27.5. The molecule has 9 aromatic rings. The molecule has 1 N–H and O–H groups in total. The molecule has 0 unspecified atom stereocenters. The summed E-state index contributed by atoms with van der Waals surface area (Å²) in [5.74, 6) is 3.98. The lowest BCUT2D eigenvalue weighted by Gasteiger charge is -2.35. The second kappa shape index (κ2) is 57.8. The SMILES string of the molecule is CC1CCC(C(C)(C)C)CC1.CC1CCCCC1.CCCCc1ccccc1.CCCOc1ccccc1.CCCc1ccccc1.CCc1ccc(C)cc1.CCc1ccc(CO)cc1.CCc1ccccc1.Cc1ccc(C)cc1.Cc1ccc(C)cc1.Cc1ccccc1. The first kappa shape index (κ1) is 87.8. The predicted molar refractivity (Wildman–Crippen MR) is 432 cm³/mol. The van der Waals surface area contributed by atoms with Crippen molar-refractivity contribution in [2.24, 2.45) is 23.2 Å². The Morgan fingerprint density at radius 3 is 0.928 bits per heavy atom. The Labute approximate surface area is 597 Å². The number of benzene rings is 9. The summed E-state index contributed by atoms with van der Waals surface area (Å²) < 4.78 is 5.36. The number of ether oxygens (including phenoxy) is 1. The molecule has 0 saturated heterocycles. The maximum atomic E-state index is 8.70. The van der Waals surface area contributed by atoms with E-state index in [9.17, 15) is 0 Å². The average molecular weight is 1310 g/mol. The highest BCUT2D eigenvalue weighted by Gasteiger charge is 2.28. The molecule has 2 heteroatoms. The minimum atomic E-state index is 0.143. The summed E-state index contributed by atoms with van der Waals surface area (Å²) in [6.07, 6.45) is 24.0. The summed E-state index contributed by atoms with van der Waals surface area (Å²) in [7, 11) is 0. The van der Waals surface area contributed by atoms with Crippen molar-refractivity contribution in [3.05, 3.63) is 315 Å². The molecule has 0 radical (unpaired) electrons. The maximum absolute atomic E-state index is 8.70. The van der Waals surface area contributed by atoms with E-state index in [4.69, 9.17) is 9.84 Å². The van der Waals surface area contributed by atoms with Crippen LogP contribution in [0.4, 0.5) is 0 Å². The van der Waals surface area contributed by atoms with Gasteiger partial charge in [-0.3, -0.25) is 0 Å². The van der Waals surface area contributed by atoms with E-state index in [0.717, 1.165) is 61.4 Å². The fourth-order valence-corrected chi connectivity index (χ4v) is 10.4. The summed E-state index contributed by atoms with van der Waals surface area (Å²) in [5, 5.41) is 8.70. The van der Waals surface area contributed by atoms with Crippen LogP contribution >= 0.6 is 0 Å². The van der Waals surface area contributed by atoms with Crippen molar-refractivity contribution in [1.82, 2.24) is 0 Å². The zero-order valence-electron chi connectivity index (χ0n) is 64.4. The number of unbranched alkanes of at least 4 members (excludes halogenated alkanes) is 1. The van der Waals surface area contributed by atoms with E-state index in [2.05, 4.69) is 288 Å². The first-order valence-electron chi connectivity index (χ1n) is 37.4. The quantitative estimate of drug-likeness (QED) is 0.132. The van der Waals surface area contributed by atoms with Gasteiger partial charge in [0.05, 0.1) is 13.2 Å². The fourth-order valence-electron chi connectivity index (χ4n) is 10.4. The van der Waals surface area contributed by atoms with Crippen molar-refractivity contribution >= 4 is 0 Å². The van der Waals surface area contributed by atoms with E-state index in [1.807, 2.05) is 78.9 Å². The van der Waals surface area contributed by atoms with Crippen LogP contribution in [0, 0.1) is 64.7 Å². The van der Waals surface area contributed by atoms with Crippen molar-refractivity contribution in [3.63, 3.8) is 0 Å². The molecule has 0 atom stereocenters. The lowest BCUT2D eigenvalue weighted by molar-refractivity contribution is 0.155. The highest BCUT2D eigenvalue weighted by atomic mass is 16.5. The first-order valence-corrected chi connectivity index (χ1v) is 37.4. The van der Waals surface area contributed by atoms with Crippen molar-refractivity contribution in [3.8, 4) is 5.75 Å². The summed E-state index contributed by atoms with van der Waals surface area (Å²) in [6.45, 7) is 38.4. The summed E-state index contributed by atoms with van der Waals surface area (Å²) in [4.78, 5) is 0. The van der Waals surface area contributed by atoms with Gasteiger partial charge in [0, 0.05) is 0 Å². The van der Waals surface area contributed by atoms with E-state index < -0.39 is 0 Å².